The second-order valence-corrected chi connectivity index (χ2v) is 6.02. The van der Waals surface area contributed by atoms with Crippen molar-refractivity contribution in [3.05, 3.63) is 6.61 Å². The van der Waals surface area contributed by atoms with Crippen LogP contribution in [0.5, 0.6) is 0 Å². The molecule has 5 nitrogen and oxygen atoms in total. The average Bonchev–Trinajstić information content (AvgIpc) is 2.47. The third-order valence-electron chi connectivity index (χ3n) is 2.11. The van der Waals surface area contributed by atoms with Crippen LogP contribution in [0.3, 0.4) is 0 Å². The van der Waals surface area contributed by atoms with E-state index in [4.69, 9.17) is 9.26 Å². The first-order chi connectivity index (χ1) is 6.43. The van der Waals surface area contributed by atoms with Crippen LogP contribution in [0.2, 0.25) is 0 Å². The van der Waals surface area contributed by atoms with E-state index in [1.54, 1.807) is 13.8 Å². The summed E-state index contributed by atoms with van der Waals surface area (Å²) in [5.74, 6) is 0. The van der Waals surface area contributed by atoms with Crippen molar-refractivity contribution < 1.29 is 56.5 Å². The Balaban J connectivity index is -0.000000653. The SMILES string of the molecule is C.C.CC(C)P(=O)(O)OCC1O[CH-]CC1O.[Y]. The van der Waals surface area contributed by atoms with Crippen molar-refractivity contribution >= 4 is 7.60 Å². The van der Waals surface area contributed by atoms with Crippen LogP contribution in [0, 0.1) is 6.61 Å². The van der Waals surface area contributed by atoms with Crippen molar-refractivity contribution in [1.82, 2.24) is 0 Å². The van der Waals surface area contributed by atoms with Crippen molar-refractivity contribution in [2.24, 2.45) is 0 Å². The fraction of sp³-hybridized carbons (Fsp3) is 0.900. The third kappa shape index (κ3) is 7.36. The summed E-state index contributed by atoms with van der Waals surface area (Å²) >= 11 is 0. The second kappa shape index (κ2) is 10.0. The van der Waals surface area contributed by atoms with Gasteiger partial charge in [-0.15, -0.1) is 6.42 Å². The number of aliphatic hydroxyl groups is 1. The molecule has 0 aromatic carbocycles. The van der Waals surface area contributed by atoms with Gasteiger partial charge in [0.25, 0.3) is 0 Å². The van der Waals surface area contributed by atoms with E-state index >= 15 is 0 Å². The molecule has 7 heteroatoms. The predicted molar refractivity (Wildman–Crippen MR) is 64.2 cm³/mol. The molecule has 0 aliphatic carbocycles. The largest absolute Gasteiger partial charge is 0.546 e. The Kier molecular flexibility index (Phi) is 13.7. The van der Waals surface area contributed by atoms with Gasteiger partial charge in [0.15, 0.2) is 0 Å². The summed E-state index contributed by atoms with van der Waals surface area (Å²) in [5, 5.41) is 9.32. The van der Waals surface area contributed by atoms with Crippen LogP contribution < -0.4 is 0 Å². The molecule has 2 N–H and O–H groups in total. The van der Waals surface area contributed by atoms with Gasteiger partial charge in [-0.3, -0.25) is 4.57 Å². The maximum Gasteiger partial charge on any atom is 0.330 e. The van der Waals surface area contributed by atoms with Gasteiger partial charge in [-0.25, -0.2) is 6.61 Å². The molecule has 1 saturated heterocycles. The van der Waals surface area contributed by atoms with E-state index in [1.807, 2.05) is 0 Å². The van der Waals surface area contributed by atoms with E-state index in [0.29, 0.717) is 6.42 Å². The number of ether oxygens (including phenoxy) is 1. The van der Waals surface area contributed by atoms with Gasteiger partial charge >= 0.3 is 7.60 Å². The maximum absolute atomic E-state index is 11.4. The van der Waals surface area contributed by atoms with Crippen molar-refractivity contribution in [2.75, 3.05) is 6.61 Å². The van der Waals surface area contributed by atoms with Gasteiger partial charge in [-0.1, -0.05) is 28.7 Å². The molecule has 3 atom stereocenters. The van der Waals surface area contributed by atoms with Crippen molar-refractivity contribution in [3.8, 4) is 0 Å². The Morgan fingerprint density at radius 2 is 2.06 bits per heavy atom. The number of hydrogen-bond donors (Lipinski definition) is 2. The van der Waals surface area contributed by atoms with Crippen LogP contribution in [0.1, 0.15) is 35.1 Å². The molecular formula is C10H24O5PY-. The minimum atomic E-state index is -3.55. The molecule has 1 aliphatic rings. The molecule has 17 heavy (non-hydrogen) atoms. The van der Waals surface area contributed by atoms with Gasteiger partial charge in [0, 0.05) is 32.7 Å². The molecule has 0 aromatic rings. The van der Waals surface area contributed by atoms with Crippen LogP contribution >= 0.6 is 7.60 Å². The van der Waals surface area contributed by atoms with Crippen molar-refractivity contribution in [3.63, 3.8) is 0 Å². The summed E-state index contributed by atoms with van der Waals surface area (Å²) in [5.41, 5.74) is -0.440. The molecule has 1 aliphatic heterocycles. The van der Waals surface area contributed by atoms with E-state index in [9.17, 15) is 14.6 Å². The zero-order chi connectivity index (χ0) is 10.8. The molecule has 1 radical (unpaired) electrons. The molecule has 1 rings (SSSR count). The number of aliphatic hydroxyl groups excluding tert-OH is 1. The Hall–Kier alpha value is 1.17. The van der Waals surface area contributed by atoms with E-state index in [2.05, 4.69) is 0 Å². The predicted octanol–water partition coefficient (Wildman–Crippen LogP) is 2.18. The van der Waals surface area contributed by atoms with Crippen LogP contribution in [-0.2, 0) is 46.5 Å². The van der Waals surface area contributed by atoms with Crippen LogP contribution in [-0.4, -0.2) is 34.5 Å². The minimum absolute atomic E-state index is 0. The quantitative estimate of drug-likeness (QED) is 0.604. The van der Waals surface area contributed by atoms with Crippen LogP contribution in [0.4, 0.5) is 0 Å². The van der Waals surface area contributed by atoms with Gasteiger partial charge in [0.2, 0.25) is 0 Å². The van der Waals surface area contributed by atoms with E-state index in [1.165, 1.54) is 6.61 Å². The first kappa shape index (κ1) is 23.3. The van der Waals surface area contributed by atoms with Crippen molar-refractivity contribution in [1.29, 1.82) is 0 Å². The molecule has 0 saturated carbocycles. The molecule has 1 heterocycles. The number of hydrogen-bond acceptors (Lipinski definition) is 4. The Morgan fingerprint density at radius 1 is 1.53 bits per heavy atom. The summed E-state index contributed by atoms with van der Waals surface area (Å²) in [6.07, 6.45) is -0.720. The minimum Gasteiger partial charge on any atom is -0.546 e. The topological polar surface area (TPSA) is 76.0 Å². The maximum atomic E-state index is 11.4. The summed E-state index contributed by atoms with van der Waals surface area (Å²) in [7, 11) is -3.55. The molecule has 0 bridgehead atoms. The fourth-order valence-corrected chi connectivity index (χ4v) is 1.66. The zero-order valence-electron chi connectivity index (χ0n) is 8.87. The van der Waals surface area contributed by atoms with E-state index < -0.39 is 25.5 Å². The van der Waals surface area contributed by atoms with Crippen LogP contribution in [0.25, 0.3) is 0 Å². The summed E-state index contributed by atoms with van der Waals surface area (Å²) in [6.45, 7) is 4.65. The molecule has 1 fully saturated rings. The summed E-state index contributed by atoms with van der Waals surface area (Å²) in [4.78, 5) is 9.32. The summed E-state index contributed by atoms with van der Waals surface area (Å²) in [6, 6.07) is 0. The first-order valence-corrected chi connectivity index (χ1v) is 6.20. The molecule has 0 amide bonds. The Bertz CT molecular complexity index is 237. The van der Waals surface area contributed by atoms with Gasteiger partial charge in [0.05, 0.1) is 24.5 Å². The molecule has 3 unspecified atom stereocenters. The summed E-state index contributed by atoms with van der Waals surface area (Å²) < 4.78 is 21.2. The van der Waals surface area contributed by atoms with E-state index in [-0.39, 0.29) is 54.2 Å². The molecule has 103 valence electrons. The number of rotatable bonds is 4. The average molecular weight is 344 g/mol. The fourth-order valence-electron chi connectivity index (χ4n) is 1.000. The second-order valence-electron chi connectivity index (χ2n) is 3.60. The standard InChI is InChI=1S/C8H16O5P.2CH4.Y/c1-6(2)14(10,11)13-5-8-7(9)3-4-12-8;;;/h4,6-9H,3,5H2,1-2H3,(H,10,11);2*1H4;/q-1;;;. The molecular weight excluding hydrogens is 320 g/mol. The smallest absolute Gasteiger partial charge is 0.330 e. The van der Waals surface area contributed by atoms with Crippen LogP contribution in [0.15, 0.2) is 0 Å². The van der Waals surface area contributed by atoms with Gasteiger partial charge in [-0.2, -0.15) is 0 Å². The Labute approximate surface area is 130 Å². The Morgan fingerprint density at radius 3 is 2.41 bits per heavy atom. The van der Waals surface area contributed by atoms with Gasteiger partial charge < -0.3 is 19.3 Å². The molecule has 0 spiro atoms. The molecule has 0 aromatic heterocycles. The monoisotopic (exact) mass is 344 g/mol. The zero-order valence-corrected chi connectivity index (χ0v) is 12.6. The van der Waals surface area contributed by atoms with Crippen molar-refractivity contribution in [2.45, 2.75) is 53.0 Å². The third-order valence-corrected chi connectivity index (χ3v) is 3.94. The normalized spacial score (nSPS) is 26.4. The van der Waals surface area contributed by atoms with E-state index in [0.717, 1.165) is 0 Å². The van der Waals surface area contributed by atoms with Gasteiger partial charge in [0.1, 0.15) is 0 Å². The van der Waals surface area contributed by atoms with Gasteiger partial charge in [-0.05, 0) is 0 Å². The first-order valence-electron chi connectivity index (χ1n) is 4.55.